The fourth-order valence-electron chi connectivity index (χ4n) is 8.91. The molecule has 3 fully saturated rings. The van der Waals surface area contributed by atoms with E-state index >= 15 is 0 Å². The second-order valence-electron chi connectivity index (χ2n) is 15.6. The van der Waals surface area contributed by atoms with Crippen LogP contribution in [0.25, 0.3) is 0 Å². The van der Waals surface area contributed by atoms with Crippen LogP contribution in [0.5, 0.6) is 11.8 Å². The molecule has 3 heterocycles. The standard InChI is InChI=1S/C31H39BrF3N3O6.C6H7N3O/c1-28(2,3)44-27(41)38-15-17-18-7-8-20(29(18,4)12-10-19(17)30(5)11-9-16(39)13-23(30)38)24(40)36-22-14-21(32)25(42-6)37-26(22)43-31(33,34)35;7-9-6(10)5-1-3-8-4-2-5/h13-14,17-20H,7-12,15H2,1-6H3,(H,36,40);1-4H,7H2,(H,9,10)/t17?,18?,19?,20?,29-,30+;/m0./s1. The van der Waals surface area contributed by atoms with Crippen LogP contribution in [-0.4, -0.2) is 64.2 Å². The van der Waals surface area contributed by atoms with Crippen LogP contribution in [-0.2, 0) is 14.3 Å². The maximum Gasteiger partial charge on any atom is 0.574 e. The van der Waals surface area contributed by atoms with Gasteiger partial charge in [0.1, 0.15) is 11.3 Å². The van der Waals surface area contributed by atoms with E-state index in [0.717, 1.165) is 25.0 Å². The first-order chi connectivity index (χ1) is 25.2. The Morgan fingerprint density at radius 3 is 2.33 bits per heavy atom. The smallest absolute Gasteiger partial charge is 0.480 e. The minimum absolute atomic E-state index is 0.00346. The monoisotopic (exact) mass is 822 g/mol. The van der Waals surface area contributed by atoms with Crippen molar-refractivity contribution in [3.05, 3.63) is 52.4 Å². The quantitative estimate of drug-likeness (QED) is 0.163. The molecule has 4 unspecified atom stereocenters. The molecule has 0 spiro atoms. The molecule has 0 aromatic carbocycles. The lowest BCUT2D eigenvalue weighted by Crippen LogP contribution is -2.59. The van der Waals surface area contributed by atoms with Crippen LogP contribution in [0.2, 0.25) is 0 Å². The number of nitrogens with one attached hydrogen (secondary N) is 2. The zero-order chi connectivity index (χ0) is 39.8. The molecule has 4 aliphatic rings. The maximum absolute atomic E-state index is 13.8. The molecular formula is C37H46BrF3N6O7. The summed E-state index contributed by atoms with van der Waals surface area (Å²) in [4.78, 5) is 59.8. The summed E-state index contributed by atoms with van der Waals surface area (Å²) in [7, 11) is 1.26. The van der Waals surface area contributed by atoms with Gasteiger partial charge in [-0.1, -0.05) is 13.8 Å². The van der Waals surface area contributed by atoms with Crippen molar-refractivity contribution in [3.63, 3.8) is 0 Å². The van der Waals surface area contributed by atoms with E-state index in [9.17, 15) is 32.3 Å². The third-order valence-electron chi connectivity index (χ3n) is 11.3. The molecule has 0 radical (unpaired) electrons. The molecule has 3 amide bonds. The molecule has 2 aromatic rings. The highest BCUT2D eigenvalue weighted by Crippen LogP contribution is 2.65. The Bertz CT molecular complexity index is 1810. The Balaban J connectivity index is 0.000000486. The molecule has 294 valence electrons. The van der Waals surface area contributed by atoms with E-state index in [1.54, 1.807) is 43.9 Å². The van der Waals surface area contributed by atoms with E-state index in [4.69, 9.17) is 15.3 Å². The number of alkyl halides is 3. The Morgan fingerprint density at radius 1 is 1.04 bits per heavy atom. The van der Waals surface area contributed by atoms with E-state index in [-0.39, 0.29) is 45.5 Å². The zero-order valence-corrected chi connectivity index (χ0v) is 32.6. The van der Waals surface area contributed by atoms with Crippen LogP contribution >= 0.6 is 15.9 Å². The average molecular weight is 824 g/mol. The lowest BCUT2D eigenvalue weighted by Gasteiger charge is -2.60. The number of carbonyl (C=O) groups excluding carboxylic acids is 4. The third-order valence-corrected chi connectivity index (χ3v) is 11.9. The number of ether oxygens (including phenoxy) is 3. The number of halogens is 4. The molecule has 13 nitrogen and oxygen atoms in total. The van der Waals surface area contributed by atoms with Gasteiger partial charge in [-0.25, -0.2) is 10.6 Å². The second kappa shape index (κ2) is 15.5. The molecule has 4 N–H and O–H groups in total. The van der Waals surface area contributed by atoms with Crippen molar-refractivity contribution in [1.29, 1.82) is 0 Å². The van der Waals surface area contributed by atoms with Crippen LogP contribution < -0.4 is 26.1 Å². The van der Waals surface area contributed by atoms with Gasteiger partial charge in [-0.15, -0.1) is 13.2 Å². The first kappa shape index (κ1) is 40.9. The Kier molecular flexibility index (Phi) is 11.7. The number of carbonyl (C=O) groups is 4. The number of nitrogen functional groups attached to an aromatic ring is 1. The molecule has 0 bridgehead atoms. The van der Waals surface area contributed by atoms with Gasteiger partial charge >= 0.3 is 12.5 Å². The summed E-state index contributed by atoms with van der Waals surface area (Å²) in [5.41, 5.74) is 1.44. The summed E-state index contributed by atoms with van der Waals surface area (Å²) in [5.74, 6) is 3.08. The number of hydrogen-bond donors (Lipinski definition) is 3. The summed E-state index contributed by atoms with van der Waals surface area (Å²) < 4.78 is 54.8. The summed E-state index contributed by atoms with van der Waals surface area (Å²) >= 11 is 3.23. The Morgan fingerprint density at radius 2 is 1.72 bits per heavy atom. The SMILES string of the molecule is COc1nc(OC(F)(F)F)c(NC(=O)C2CCC3C4CN(C(=O)OC(C)(C)C)C5=CC(=O)CC[C@]5(C)C4CC[C@]23C)cc1Br.NNC(=O)c1ccncc1. The number of nitrogens with zero attached hydrogens (tertiary/aromatic N) is 3. The molecule has 54 heavy (non-hydrogen) atoms. The van der Waals surface area contributed by atoms with Crippen LogP contribution in [0.4, 0.5) is 23.7 Å². The maximum atomic E-state index is 13.8. The van der Waals surface area contributed by atoms with E-state index < -0.39 is 46.6 Å². The van der Waals surface area contributed by atoms with Gasteiger partial charge in [0.25, 0.3) is 5.91 Å². The summed E-state index contributed by atoms with van der Waals surface area (Å²) in [6, 6.07) is 4.46. The van der Waals surface area contributed by atoms with Crippen LogP contribution in [0.1, 0.15) is 83.5 Å². The number of aromatic nitrogens is 2. The van der Waals surface area contributed by atoms with Gasteiger partial charge in [0.15, 0.2) is 5.78 Å². The van der Waals surface area contributed by atoms with Crippen LogP contribution in [0.3, 0.4) is 0 Å². The highest BCUT2D eigenvalue weighted by Gasteiger charge is 2.62. The zero-order valence-electron chi connectivity index (χ0n) is 31.0. The summed E-state index contributed by atoms with van der Waals surface area (Å²) in [5, 5.41) is 2.66. The Hall–Kier alpha value is -4.25. The highest BCUT2D eigenvalue weighted by atomic mass is 79.9. The van der Waals surface area contributed by atoms with Crippen molar-refractivity contribution in [2.24, 2.45) is 40.3 Å². The van der Waals surface area contributed by atoms with Crippen molar-refractivity contribution in [2.45, 2.75) is 85.1 Å². The van der Waals surface area contributed by atoms with Crippen molar-refractivity contribution >= 4 is 45.3 Å². The number of likely N-dealkylation sites (tertiary alicyclic amines) is 1. The molecule has 1 aliphatic heterocycles. The number of ketones is 1. The van der Waals surface area contributed by atoms with Crippen LogP contribution in [0.15, 0.2) is 46.8 Å². The van der Waals surface area contributed by atoms with E-state index in [1.807, 2.05) is 5.43 Å². The predicted molar refractivity (Wildman–Crippen MR) is 194 cm³/mol. The topological polar surface area (TPSA) is 175 Å². The molecular weight excluding hydrogens is 777 g/mol. The minimum Gasteiger partial charge on any atom is -0.480 e. The van der Waals surface area contributed by atoms with Gasteiger partial charge in [0.05, 0.1) is 11.6 Å². The van der Waals surface area contributed by atoms with Gasteiger partial charge in [0, 0.05) is 54.0 Å². The lowest BCUT2D eigenvalue weighted by atomic mass is 9.49. The predicted octanol–water partition coefficient (Wildman–Crippen LogP) is 6.94. The number of hydrogen-bond acceptors (Lipinski definition) is 10. The number of methoxy groups -OCH3 is 1. The van der Waals surface area contributed by atoms with Crippen molar-refractivity contribution in [1.82, 2.24) is 20.3 Å². The first-order valence-electron chi connectivity index (χ1n) is 17.7. The number of anilines is 1. The fraction of sp³-hybridized carbons (Fsp3) is 0.568. The van der Waals surface area contributed by atoms with Crippen LogP contribution in [0, 0.1) is 34.5 Å². The van der Waals surface area contributed by atoms with E-state index in [2.05, 4.69) is 49.8 Å². The third kappa shape index (κ3) is 8.51. The van der Waals surface area contributed by atoms with E-state index in [0.29, 0.717) is 31.4 Å². The molecule has 17 heteroatoms. The molecule has 1 saturated heterocycles. The van der Waals surface area contributed by atoms with Gasteiger partial charge in [0.2, 0.25) is 17.7 Å². The average Bonchev–Trinajstić information content (AvgIpc) is 3.46. The number of allylic oxidation sites excluding steroid dienone is 2. The molecule has 3 aliphatic carbocycles. The Labute approximate surface area is 320 Å². The highest BCUT2D eigenvalue weighted by molar-refractivity contribution is 9.10. The normalized spacial score (nSPS) is 27.5. The number of piperidine rings is 1. The van der Waals surface area contributed by atoms with Crippen molar-refractivity contribution in [2.75, 3.05) is 19.0 Å². The minimum atomic E-state index is -5.03. The van der Waals surface area contributed by atoms with E-state index in [1.165, 1.54) is 25.6 Å². The largest absolute Gasteiger partial charge is 0.574 e. The fourth-order valence-corrected chi connectivity index (χ4v) is 9.39. The number of pyridine rings is 2. The lowest BCUT2D eigenvalue weighted by molar-refractivity contribution is -0.275. The first-order valence-corrected chi connectivity index (χ1v) is 18.5. The van der Waals surface area contributed by atoms with Gasteiger partial charge < -0.3 is 19.5 Å². The van der Waals surface area contributed by atoms with Crippen molar-refractivity contribution in [3.8, 4) is 11.8 Å². The molecule has 2 aromatic heterocycles. The number of fused-ring (bicyclic) bond motifs is 5. The van der Waals surface area contributed by atoms with Gasteiger partial charge in [-0.3, -0.25) is 29.7 Å². The number of nitrogens with two attached hydrogens (primary N) is 1. The molecule has 6 atom stereocenters. The molecule has 2 saturated carbocycles. The van der Waals surface area contributed by atoms with Crippen molar-refractivity contribution < 1.29 is 46.6 Å². The number of hydrazine groups is 1. The number of rotatable bonds is 5. The van der Waals surface area contributed by atoms with Gasteiger partial charge in [-0.05, 0) is 110 Å². The second-order valence-corrected chi connectivity index (χ2v) is 16.5. The summed E-state index contributed by atoms with van der Waals surface area (Å²) in [6.07, 6.45) is 3.00. The van der Waals surface area contributed by atoms with Gasteiger partial charge in [-0.2, -0.15) is 4.98 Å². The number of amides is 3. The summed E-state index contributed by atoms with van der Waals surface area (Å²) in [6.45, 7) is 10.0. The molecule has 6 rings (SSSR count).